The SMILES string of the molecule is Cc1cc(C(=O)N2CCCCC2C(C)N)c2cnn(C)c2n1. The van der Waals surface area contributed by atoms with Crippen molar-refractivity contribution in [2.24, 2.45) is 12.8 Å². The maximum absolute atomic E-state index is 13.1. The maximum atomic E-state index is 13.1. The van der Waals surface area contributed by atoms with E-state index in [2.05, 4.69) is 10.1 Å². The fourth-order valence-electron chi connectivity index (χ4n) is 3.33. The minimum absolute atomic E-state index is 0.0171. The van der Waals surface area contributed by atoms with Gasteiger partial charge in [-0.15, -0.1) is 0 Å². The lowest BCUT2D eigenvalue weighted by Gasteiger charge is -2.38. The van der Waals surface area contributed by atoms with Gasteiger partial charge in [-0.1, -0.05) is 0 Å². The third-order valence-corrected chi connectivity index (χ3v) is 4.48. The molecule has 3 rings (SSSR count). The van der Waals surface area contributed by atoms with Crippen molar-refractivity contribution < 1.29 is 4.79 Å². The number of carbonyl (C=O) groups excluding carboxylic acids is 1. The number of aromatic nitrogens is 3. The second-order valence-corrected chi connectivity index (χ2v) is 6.24. The number of amides is 1. The van der Waals surface area contributed by atoms with E-state index in [-0.39, 0.29) is 18.0 Å². The van der Waals surface area contributed by atoms with E-state index in [0.29, 0.717) is 5.56 Å². The molecule has 22 heavy (non-hydrogen) atoms. The van der Waals surface area contributed by atoms with Crippen LogP contribution >= 0.6 is 0 Å². The molecule has 2 atom stereocenters. The molecule has 6 heteroatoms. The molecule has 3 heterocycles. The first-order chi connectivity index (χ1) is 10.5. The Morgan fingerprint density at radius 2 is 2.23 bits per heavy atom. The van der Waals surface area contributed by atoms with Crippen LogP contribution in [-0.2, 0) is 7.05 Å². The van der Waals surface area contributed by atoms with Crippen LogP contribution in [0.5, 0.6) is 0 Å². The third-order valence-electron chi connectivity index (χ3n) is 4.48. The summed E-state index contributed by atoms with van der Waals surface area (Å²) in [7, 11) is 1.84. The van der Waals surface area contributed by atoms with Crippen LogP contribution in [0.25, 0.3) is 11.0 Å². The average Bonchev–Trinajstić information content (AvgIpc) is 2.87. The van der Waals surface area contributed by atoms with Gasteiger partial charge >= 0.3 is 0 Å². The van der Waals surface area contributed by atoms with Crippen LogP contribution in [0.3, 0.4) is 0 Å². The number of fused-ring (bicyclic) bond motifs is 1. The van der Waals surface area contributed by atoms with Crippen molar-refractivity contribution in [3.8, 4) is 0 Å². The monoisotopic (exact) mass is 301 g/mol. The van der Waals surface area contributed by atoms with Gasteiger partial charge in [-0.05, 0) is 39.2 Å². The predicted octanol–water partition coefficient (Wildman–Crippen LogP) is 1.62. The molecule has 2 aromatic heterocycles. The quantitative estimate of drug-likeness (QED) is 0.914. The summed E-state index contributed by atoms with van der Waals surface area (Å²) in [5, 5.41) is 5.05. The van der Waals surface area contributed by atoms with Crippen LogP contribution in [0.15, 0.2) is 12.3 Å². The summed E-state index contributed by atoms with van der Waals surface area (Å²) in [6.45, 7) is 4.66. The number of carbonyl (C=O) groups is 1. The first-order valence-electron chi connectivity index (χ1n) is 7.85. The summed E-state index contributed by atoms with van der Waals surface area (Å²) in [5.41, 5.74) is 8.36. The summed E-state index contributed by atoms with van der Waals surface area (Å²) < 4.78 is 1.71. The number of hydrogen-bond acceptors (Lipinski definition) is 4. The van der Waals surface area contributed by atoms with Gasteiger partial charge in [0, 0.05) is 31.4 Å². The van der Waals surface area contributed by atoms with Gasteiger partial charge in [-0.2, -0.15) is 5.10 Å². The molecule has 0 saturated carbocycles. The lowest BCUT2D eigenvalue weighted by Crippen LogP contribution is -2.51. The van der Waals surface area contributed by atoms with Crippen LogP contribution < -0.4 is 5.73 Å². The van der Waals surface area contributed by atoms with Gasteiger partial charge in [0.05, 0.1) is 17.1 Å². The Hall–Kier alpha value is -1.95. The standard InChI is InChI=1S/C16H23N5O/c1-10-8-12(13-9-18-20(3)15(13)19-10)16(22)21-7-5-4-6-14(21)11(2)17/h8-9,11,14H,4-7,17H2,1-3H3. The van der Waals surface area contributed by atoms with E-state index < -0.39 is 0 Å². The minimum atomic E-state index is -0.0171. The zero-order valence-corrected chi connectivity index (χ0v) is 13.4. The highest BCUT2D eigenvalue weighted by molar-refractivity contribution is 6.05. The number of nitrogens with zero attached hydrogens (tertiary/aromatic N) is 4. The van der Waals surface area contributed by atoms with E-state index in [0.717, 1.165) is 42.5 Å². The molecule has 1 aliphatic heterocycles. The fourth-order valence-corrected chi connectivity index (χ4v) is 3.33. The second-order valence-electron chi connectivity index (χ2n) is 6.24. The Balaban J connectivity index is 2.04. The molecule has 0 aromatic carbocycles. The molecule has 1 aliphatic rings. The zero-order chi connectivity index (χ0) is 15.9. The molecule has 118 valence electrons. The van der Waals surface area contributed by atoms with Gasteiger partial charge < -0.3 is 10.6 Å². The average molecular weight is 301 g/mol. The Morgan fingerprint density at radius 3 is 2.95 bits per heavy atom. The Kier molecular flexibility index (Phi) is 3.87. The number of piperidine rings is 1. The van der Waals surface area contributed by atoms with Crippen LogP contribution in [0.2, 0.25) is 0 Å². The minimum Gasteiger partial charge on any atom is -0.334 e. The lowest BCUT2D eigenvalue weighted by atomic mass is 9.95. The summed E-state index contributed by atoms with van der Waals surface area (Å²) in [4.78, 5) is 19.5. The Labute approximate surface area is 130 Å². The number of likely N-dealkylation sites (tertiary alicyclic amines) is 1. The molecule has 0 aliphatic carbocycles. The zero-order valence-electron chi connectivity index (χ0n) is 13.4. The first kappa shape index (κ1) is 15.0. The smallest absolute Gasteiger partial charge is 0.255 e. The molecular weight excluding hydrogens is 278 g/mol. The molecule has 1 amide bonds. The van der Waals surface area contributed by atoms with Crippen molar-refractivity contribution >= 4 is 16.9 Å². The van der Waals surface area contributed by atoms with E-state index >= 15 is 0 Å². The van der Waals surface area contributed by atoms with Crippen LogP contribution in [0, 0.1) is 6.92 Å². The molecule has 6 nitrogen and oxygen atoms in total. The number of hydrogen-bond donors (Lipinski definition) is 1. The van der Waals surface area contributed by atoms with Crippen molar-refractivity contribution in [2.75, 3.05) is 6.54 Å². The molecule has 1 saturated heterocycles. The Morgan fingerprint density at radius 1 is 1.45 bits per heavy atom. The van der Waals surface area contributed by atoms with E-state index in [1.54, 1.807) is 10.9 Å². The highest BCUT2D eigenvalue weighted by atomic mass is 16.2. The van der Waals surface area contributed by atoms with Gasteiger partial charge in [-0.25, -0.2) is 4.98 Å². The third kappa shape index (κ3) is 2.47. The summed E-state index contributed by atoms with van der Waals surface area (Å²) in [6.07, 6.45) is 4.87. The van der Waals surface area contributed by atoms with Gasteiger partial charge in [0.25, 0.3) is 5.91 Å². The normalized spacial score (nSPS) is 20.4. The van der Waals surface area contributed by atoms with Crippen molar-refractivity contribution in [2.45, 2.75) is 45.2 Å². The van der Waals surface area contributed by atoms with Crippen LogP contribution in [0.1, 0.15) is 42.2 Å². The van der Waals surface area contributed by atoms with E-state index in [4.69, 9.17) is 5.73 Å². The van der Waals surface area contributed by atoms with Gasteiger partial charge in [0.2, 0.25) is 0 Å². The van der Waals surface area contributed by atoms with E-state index in [1.165, 1.54) is 0 Å². The number of aryl methyl sites for hydroxylation is 2. The first-order valence-corrected chi connectivity index (χ1v) is 7.85. The largest absolute Gasteiger partial charge is 0.334 e. The van der Waals surface area contributed by atoms with Crippen molar-refractivity contribution in [1.82, 2.24) is 19.7 Å². The Bertz CT molecular complexity index is 706. The second kappa shape index (κ2) is 5.68. The number of rotatable bonds is 2. The molecule has 0 spiro atoms. The van der Waals surface area contributed by atoms with Crippen molar-refractivity contribution in [1.29, 1.82) is 0 Å². The van der Waals surface area contributed by atoms with Gasteiger partial charge in [0.15, 0.2) is 5.65 Å². The summed E-state index contributed by atoms with van der Waals surface area (Å²) in [5.74, 6) is 0.0468. The molecule has 0 bridgehead atoms. The number of pyridine rings is 1. The maximum Gasteiger partial charge on any atom is 0.255 e. The molecule has 0 radical (unpaired) electrons. The topological polar surface area (TPSA) is 77.0 Å². The van der Waals surface area contributed by atoms with Crippen molar-refractivity contribution in [3.05, 3.63) is 23.5 Å². The van der Waals surface area contributed by atoms with Crippen molar-refractivity contribution in [3.63, 3.8) is 0 Å². The molecule has 2 unspecified atom stereocenters. The van der Waals surface area contributed by atoms with E-state index in [1.807, 2.05) is 31.9 Å². The lowest BCUT2D eigenvalue weighted by molar-refractivity contribution is 0.0585. The molecule has 1 fully saturated rings. The van der Waals surface area contributed by atoms with Gasteiger partial charge in [-0.3, -0.25) is 9.48 Å². The molecule has 2 N–H and O–H groups in total. The highest BCUT2D eigenvalue weighted by Crippen LogP contribution is 2.25. The summed E-state index contributed by atoms with van der Waals surface area (Å²) in [6, 6.07) is 1.96. The number of nitrogens with two attached hydrogens (primary N) is 1. The van der Waals surface area contributed by atoms with E-state index in [9.17, 15) is 4.79 Å². The van der Waals surface area contributed by atoms with Crippen LogP contribution in [0.4, 0.5) is 0 Å². The predicted molar refractivity (Wildman–Crippen MR) is 85.6 cm³/mol. The van der Waals surface area contributed by atoms with Crippen LogP contribution in [-0.4, -0.2) is 44.2 Å². The highest BCUT2D eigenvalue weighted by Gasteiger charge is 2.31. The molecule has 2 aromatic rings. The van der Waals surface area contributed by atoms with Gasteiger partial charge in [0.1, 0.15) is 0 Å². The molecular formula is C16H23N5O. The summed E-state index contributed by atoms with van der Waals surface area (Å²) >= 11 is 0. The fraction of sp³-hybridized carbons (Fsp3) is 0.562.